The summed E-state index contributed by atoms with van der Waals surface area (Å²) in [5, 5.41) is 16.2. The van der Waals surface area contributed by atoms with Gasteiger partial charge in [-0.1, -0.05) is 6.07 Å². The number of amides is 1. The van der Waals surface area contributed by atoms with Gasteiger partial charge >= 0.3 is 0 Å². The lowest BCUT2D eigenvalue weighted by Crippen LogP contribution is -2.11. The maximum absolute atomic E-state index is 12.0. The standard InChI is InChI=1S/C14H13N3O3/c1-15-11-7-5-10(6-8-11)14(18)16-12-3-2-4-13(9-12)17(19)20/h2-9,15H,1H3,(H,16,18). The van der Waals surface area contributed by atoms with Crippen LogP contribution in [0.3, 0.4) is 0 Å². The molecule has 0 fully saturated rings. The van der Waals surface area contributed by atoms with E-state index >= 15 is 0 Å². The van der Waals surface area contributed by atoms with Crippen molar-refractivity contribution in [1.82, 2.24) is 0 Å². The number of carbonyl (C=O) groups is 1. The molecular formula is C14H13N3O3. The largest absolute Gasteiger partial charge is 0.388 e. The maximum atomic E-state index is 12.0. The summed E-state index contributed by atoms with van der Waals surface area (Å²) in [5.74, 6) is -0.312. The zero-order chi connectivity index (χ0) is 14.5. The Kier molecular flexibility index (Phi) is 3.95. The van der Waals surface area contributed by atoms with Crippen LogP contribution in [-0.4, -0.2) is 17.9 Å². The summed E-state index contributed by atoms with van der Waals surface area (Å²) in [6.07, 6.45) is 0. The summed E-state index contributed by atoms with van der Waals surface area (Å²) in [5.41, 5.74) is 1.71. The highest BCUT2D eigenvalue weighted by Crippen LogP contribution is 2.18. The van der Waals surface area contributed by atoms with Crippen LogP contribution in [0, 0.1) is 10.1 Å². The van der Waals surface area contributed by atoms with Crippen molar-refractivity contribution < 1.29 is 9.72 Å². The Bertz CT molecular complexity index is 638. The van der Waals surface area contributed by atoms with Gasteiger partial charge in [0.05, 0.1) is 4.92 Å². The number of rotatable bonds is 4. The van der Waals surface area contributed by atoms with E-state index in [-0.39, 0.29) is 11.6 Å². The van der Waals surface area contributed by atoms with Crippen molar-refractivity contribution in [1.29, 1.82) is 0 Å². The number of nitro groups is 1. The number of carbonyl (C=O) groups excluding carboxylic acids is 1. The first-order valence-corrected chi connectivity index (χ1v) is 5.94. The monoisotopic (exact) mass is 271 g/mol. The zero-order valence-corrected chi connectivity index (χ0v) is 10.8. The highest BCUT2D eigenvalue weighted by molar-refractivity contribution is 6.04. The summed E-state index contributed by atoms with van der Waals surface area (Å²) in [6, 6.07) is 12.7. The third-order valence-corrected chi connectivity index (χ3v) is 2.75. The quantitative estimate of drug-likeness (QED) is 0.661. The fraction of sp³-hybridized carbons (Fsp3) is 0.0714. The van der Waals surface area contributed by atoms with Crippen molar-refractivity contribution >= 4 is 23.0 Å². The molecule has 0 heterocycles. The first kappa shape index (κ1) is 13.5. The number of non-ortho nitro benzene ring substituents is 1. The van der Waals surface area contributed by atoms with Gasteiger partial charge in [-0.2, -0.15) is 0 Å². The molecule has 0 spiro atoms. The van der Waals surface area contributed by atoms with Crippen molar-refractivity contribution in [3.63, 3.8) is 0 Å². The van der Waals surface area contributed by atoms with E-state index in [4.69, 9.17) is 0 Å². The van der Waals surface area contributed by atoms with E-state index in [0.717, 1.165) is 5.69 Å². The average Bonchev–Trinajstić information content (AvgIpc) is 2.47. The fourth-order valence-corrected chi connectivity index (χ4v) is 1.69. The summed E-state index contributed by atoms with van der Waals surface area (Å²) in [4.78, 5) is 22.2. The van der Waals surface area contributed by atoms with E-state index in [1.54, 1.807) is 37.4 Å². The van der Waals surface area contributed by atoms with Gasteiger partial charge in [0.1, 0.15) is 0 Å². The molecule has 2 rings (SSSR count). The number of hydrogen-bond donors (Lipinski definition) is 2. The van der Waals surface area contributed by atoms with Crippen LogP contribution >= 0.6 is 0 Å². The van der Waals surface area contributed by atoms with Crippen molar-refractivity contribution in [2.75, 3.05) is 17.7 Å². The molecule has 0 aliphatic rings. The minimum atomic E-state index is -0.503. The molecule has 6 heteroatoms. The van der Waals surface area contributed by atoms with E-state index in [1.807, 2.05) is 0 Å². The third kappa shape index (κ3) is 3.11. The predicted molar refractivity (Wildman–Crippen MR) is 77.0 cm³/mol. The van der Waals surface area contributed by atoms with Crippen molar-refractivity contribution in [3.05, 3.63) is 64.2 Å². The minimum Gasteiger partial charge on any atom is -0.388 e. The second kappa shape index (κ2) is 5.83. The molecule has 1 amide bonds. The number of nitrogens with one attached hydrogen (secondary N) is 2. The fourth-order valence-electron chi connectivity index (χ4n) is 1.69. The van der Waals surface area contributed by atoms with Gasteiger partial charge in [-0.05, 0) is 30.3 Å². The molecule has 0 saturated heterocycles. The molecule has 2 aromatic rings. The van der Waals surface area contributed by atoms with Gasteiger partial charge in [-0.15, -0.1) is 0 Å². The van der Waals surface area contributed by atoms with Gasteiger partial charge < -0.3 is 10.6 Å². The summed E-state index contributed by atoms with van der Waals surface area (Å²) in [6.45, 7) is 0. The Balaban J connectivity index is 2.14. The van der Waals surface area contributed by atoms with Gasteiger partial charge in [-0.25, -0.2) is 0 Å². The number of nitro benzene ring substituents is 1. The Morgan fingerprint density at radius 2 is 1.80 bits per heavy atom. The summed E-state index contributed by atoms with van der Waals surface area (Å²) >= 11 is 0. The summed E-state index contributed by atoms with van der Waals surface area (Å²) < 4.78 is 0. The molecule has 0 atom stereocenters. The minimum absolute atomic E-state index is 0.0617. The number of anilines is 2. The lowest BCUT2D eigenvalue weighted by Gasteiger charge is -2.06. The van der Waals surface area contributed by atoms with Crippen LogP contribution in [0.2, 0.25) is 0 Å². The molecular weight excluding hydrogens is 258 g/mol. The van der Waals surface area contributed by atoms with E-state index in [1.165, 1.54) is 18.2 Å². The number of benzene rings is 2. The van der Waals surface area contributed by atoms with E-state index in [0.29, 0.717) is 11.3 Å². The molecule has 6 nitrogen and oxygen atoms in total. The number of hydrogen-bond acceptors (Lipinski definition) is 4. The van der Waals surface area contributed by atoms with Crippen LogP contribution < -0.4 is 10.6 Å². The Morgan fingerprint density at radius 1 is 1.10 bits per heavy atom. The van der Waals surface area contributed by atoms with Crippen molar-refractivity contribution in [3.8, 4) is 0 Å². The van der Waals surface area contributed by atoms with Crippen molar-refractivity contribution in [2.45, 2.75) is 0 Å². The van der Waals surface area contributed by atoms with Crippen LogP contribution in [0.15, 0.2) is 48.5 Å². The second-order valence-corrected chi connectivity index (χ2v) is 4.09. The first-order valence-electron chi connectivity index (χ1n) is 5.94. The third-order valence-electron chi connectivity index (χ3n) is 2.75. The molecule has 0 aliphatic heterocycles. The lowest BCUT2D eigenvalue weighted by atomic mass is 10.2. The van der Waals surface area contributed by atoms with Gasteiger partial charge in [0, 0.05) is 36.1 Å². The Morgan fingerprint density at radius 3 is 2.40 bits per heavy atom. The van der Waals surface area contributed by atoms with Crippen LogP contribution in [0.1, 0.15) is 10.4 Å². The topological polar surface area (TPSA) is 84.3 Å². The highest BCUT2D eigenvalue weighted by atomic mass is 16.6. The van der Waals surface area contributed by atoms with Crippen LogP contribution in [-0.2, 0) is 0 Å². The normalized spacial score (nSPS) is 9.85. The van der Waals surface area contributed by atoms with Crippen LogP contribution in [0.4, 0.5) is 17.1 Å². The SMILES string of the molecule is CNc1ccc(C(=O)Nc2cccc([N+](=O)[O-])c2)cc1. The van der Waals surface area contributed by atoms with Crippen molar-refractivity contribution in [2.24, 2.45) is 0 Å². The van der Waals surface area contributed by atoms with E-state index < -0.39 is 4.92 Å². The second-order valence-electron chi connectivity index (χ2n) is 4.09. The van der Waals surface area contributed by atoms with Gasteiger partial charge in [-0.3, -0.25) is 14.9 Å². The molecule has 0 aromatic heterocycles. The molecule has 0 saturated carbocycles. The molecule has 0 bridgehead atoms. The van der Waals surface area contributed by atoms with Crippen LogP contribution in [0.25, 0.3) is 0 Å². The lowest BCUT2D eigenvalue weighted by molar-refractivity contribution is -0.384. The molecule has 0 aliphatic carbocycles. The maximum Gasteiger partial charge on any atom is 0.271 e. The molecule has 2 N–H and O–H groups in total. The molecule has 0 radical (unpaired) electrons. The highest BCUT2D eigenvalue weighted by Gasteiger charge is 2.09. The number of nitrogens with zero attached hydrogens (tertiary/aromatic N) is 1. The molecule has 20 heavy (non-hydrogen) atoms. The summed E-state index contributed by atoms with van der Waals surface area (Å²) in [7, 11) is 1.79. The smallest absolute Gasteiger partial charge is 0.271 e. The Hall–Kier alpha value is -2.89. The van der Waals surface area contributed by atoms with Gasteiger partial charge in [0.2, 0.25) is 0 Å². The van der Waals surface area contributed by atoms with E-state index in [9.17, 15) is 14.9 Å². The predicted octanol–water partition coefficient (Wildman–Crippen LogP) is 2.89. The molecule has 2 aromatic carbocycles. The zero-order valence-electron chi connectivity index (χ0n) is 10.8. The molecule has 102 valence electrons. The van der Waals surface area contributed by atoms with E-state index in [2.05, 4.69) is 10.6 Å². The van der Waals surface area contributed by atoms with Gasteiger partial charge in [0.15, 0.2) is 0 Å². The van der Waals surface area contributed by atoms with Crippen LogP contribution in [0.5, 0.6) is 0 Å². The first-order chi connectivity index (χ1) is 9.60. The van der Waals surface area contributed by atoms with Gasteiger partial charge in [0.25, 0.3) is 11.6 Å². The molecule has 0 unspecified atom stereocenters. The average molecular weight is 271 g/mol. The Labute approximate surface area is 115 Å².